The van der Waals surface area contributed by atoms with Crippen LogP contribution in [0.25, 0.3) is 22.8 Å². The Labute approximate surface area is 260 Å². The minimum absolute atomic E-state index is 0.201. The maximum absolute atomic E-state index is 14.1. The molecule has 1 atom stereocenters. The van der Waals surface area contributed by atoms with Crippen molar-refractivity contribution in [2.45, 2.75) is 25.7 Å². The number of hydrogen-bond acceptors (Lipinski definition) is 8. The minimum Gasteiger partial charge on any atom is -0.337 e. The number of nitrogens with one attached hydrogen (secondary N) is 1. The van der Waals surface area contributed by atoms with Crippen LogP contribution in [-0.4, -0.2) is 77.5 Å². The highest BCUT2D eigenvalue weighted by Gasteiger charge is 2.27. The number of likely N-dealkylation sites (tertiary alicyclic amines) is 1. The van der Waals surface area contributed by atoms with Crippen molar-refractivity contribution in [1.82, 2.24) is 50.6 Å². The van der Waals surface area contributed by atoms with Crippen LogP contribution in [0.2, 0.25) is 0 Å². The first-order valence-electron chi connectivity index (χ1n) is 15.2. The highest BCUT2D eigenvalue weighted by molar-refractivity contribution is 6.05. The second-order valence-electron chi connectivity index (χ2n) is 11.3. The van der Waals surface area contributed by atoms with Gasteiger partial charge in [-0.3, -0.25) is 4.90 Å². The number of benzene rings is 3. The third kappa shape index (κ3) is 6.88. The Morgan fingerprint density at radius 2 is 1.49 bits per heavy atom. The van der Waals surface area contributed by atoms with Crippen molar-refractivity contribution in [3.63, 3.8) is 0 Å². The summed E-state index contributed by atoms with van der Waals surface area (Å²) in [6, 6.07) is 21.7. The van der Waals surface area contributed by atoms with Crippen LogP contribution in [0.3, 0.4) is 0 Å². The van der Waals surface area contributed by atoms with E-state index in [1.54, 1.807) is 28.4 Å². The van der Waals surface area contributed by atoms with Gasteiger partial charge in [0.2, 0.25) is 0 Å². The van der Waals surface area contributed by atoms with Crippen LogP contribution in [0.1, 0.15) is 24.8 Å². The van der Waals surface area contributed by atoms with Crippen molar-refractivity contribution >= 4 is 17.4 Å². The molecule has 1 aliphatic heterocycles. The molecule has 1 saturated heterocycles. The van der Waals surface area contributed by atoms with Crippen molar-refractivity contribution in [2.24, 2.45) is 20.0 Å². The van der Waals surface area contributed by atoms with E-state index in [2.05, 4.69) is 41.3 Å². The maximum Gasteiger partial charge on any atom is 0.326 e. The number of tetrazole rings is 2. The van der Waals surface area contributed by atoms with Gasteiger partial charge in [-0.05, 0) is 108 Å². The smallest absolute Gasteiger partial charge is 0.326 e. The van der Waals surface area contributed by atoms with Gasteiger partial charge in [0.25, 0.3) is 0 Å². The predicted octanol–water partition coefficient (Wildman–Crippen LogP) is 4.40. The number of para-hydroxylation sites is 2. The fraction of sp³-hybridized carbons (Fsp3) is 0.344. The van der Waals surface area contributed by atoms with E-state index >= 15 is 0 Å². The Kier molecular flexibility index (Phi) is 9.15. The number of nitrogens with zero attached hydrogens (tertiary/aromatic N) is 10. The van der Waals surface area contributed by atoms with E-state index in [4.69, 9.17) is 0 Å². The van der Waals surface area contributed by atoms with Crippen LogP contribution in [-0.2, 0) is 20.5 Å². The SMILES string of the molecule is Cn1nnnc1-c1ccccc1N(C(=O)NCCCN1CCCC(Cc2ccc(F)cc2)C1)c1ccccc1-c1nnnn1C. The lowest BCUT2D eigenvalue weighted by atomic mass is 9.91. The molecule has 1 fully saturated rings. The maximum atomic E-state index is 14.1. The summed E-state index contributed by atoms with van der Waals surface area (Å²) in [5, 5.41) is 27.2. The van der Waals surface area contributed by atoms with Gasteiger partial charge in [-0.1, -0.05) is 36.4 Å². The lowest BCUT2D eigenvalue weighted by Crippen LogP contribution is -2.40. The van der Waals surface area contributed by atoms with E-state index in [9.17, 15) is 9.18 Å². The molecule has 0 spiro atoms. The number of piperidine rings is 1. The molecule has 1 N–H and O–H groups in total. The monoisotopic (exact) mass is 609 g/mol. The van der Waals surface area contributed by atoms with Crippen LogP contribution in [0.5, 0.6) is 0 Å². The number of hydrogen-bond donors (Lipinski definition) is 1. The van der Waals surface area contributed by atoms with Gasteiger partial charge in [0.05, 0.1) is 11.4 Å². The number of aromatic nitrogens is 8. The molecule has 5 aromatic rings. The first-order valence-corrected chi connectivity index (χ1v) is 15.2. The van der Waals surface area contributed by atoms with E-state index in [-0.39, 0.29) is 11.8 Å². The summed E-state index contributed by atoms with van der Waals surface area (Å²) < 4.78 is 16.5. The molecule has 2 amide bonds. The van der Waals surface area contributed by atoms with Crippen molar-refractivity contribution < 1.29 is 9.18 Å². The summed E-state index contributed by atoms with van der Waals surface area (Å²) >= 11 is 0. The van der Waals surface area contributed by atoms with Gasteiger partial charge in [-0.15, -0.1) is 10.2 Å². The molecule has 0 bridgehead atoms. The summed E-state index contributed by atoms with van der Waals surface area (Å²) in [5.74, 6) is 1.39. The molecule has 0 radical (unpaired) electrons. The lowest BCUT2D eigenvalue weighted by Gasteiger charge is -2.33. The Hall–Kier alpha value is -5.04. The van der Waals surface area contributed by atoms with Crippen molar-refractivity contribution in [3.8, 4) is 22.8 Å². The molecule has 3 heterocycles. The fourth-order valence-corrected chi connectivity index (χ4v) is 6.03. The summed E-state index contributed by atoms with van der Waals surface area (Å²) in [6.07, 6.45) is 4.05. The number of aryl methyl sites for hydroxylation is 2. The average molecular weight is 610 g/mol. The topological polar surface area (TPSA) is 123 Å². The van der Waals surface area contributed by atoms with Crippen molar-refractivity contribution in [3.05, 3.63) is 84.2 Å². The highest BCUT2D eigenvalue weighted by Crippen LogP contribution is 2.38. The van der Waals surface area contributed by atoms with Crippen molar-refractivity contribution in [1.29, 1.82) is 0 Å². The second-order valence-corrected chi connectivity index (χ2v) is 11.3. The van der Waals surface area contributed by atoms with Crippen LogP contribution < -0.4 is 10.2 Å². The Bertz CT molecular complexity index is 1650. The van der Waals surface area contributed by atoms with Crippen LogP contribution in [0.4, 0.5) is 20.6 Å². The quantitative estimate of drug-likeness (QED) is 0.231. The van der Waals surface area contributed by atoms with E-state index in [1.165, 1.54) is 24.1 Å². The Morgan fingerprint density at radius 1 is 0.889 bits per heavy atom. The summed E-state index contributed by atoms with van der Waals surface area (Å²) in [6.45, 7) is 3.41. The molecular weight excluding hydrogens is 573 g/mol. The van der Waals surface area contributed by atoms with Gasteiger partial charge < -0.3 is 10.2 Å². The zero-order valence-electron chi connectivity index (χ0n) is 25.4. The van der Waals surface area contributed by atoms with Gasteiger partial charge in [-0.2, -0.15) is 0 Å². The lowest BCUT2D eigenvalue weighted by molar-refractivity contribution is 0.172. The molecule has 232 valence electrons. The number of rotatable bonds is 10. The summed E-state index contributed by atoms with van der Waals surface area (Å²) in [5.41, 5.74) is 3.81. The van der Waals surface area contributed by atoms with Gasteiger partial charge >= 0.3 is 6.03 Å². The molecule has 0 aliphatic carbocycles. The normalized spacial score (nSPS) is 15.2. The molecule has 1 aliphatic rings. The molecule has 6 rings (SSSR count). The Balaban J connectivity index is 1.19. The largest absolute Gasteiger partial charge is 0.337 e. The molecule has 45 heavy (non-hydrogen) atoms. The number of carbonyl (C=O) groups excluding carboxylic acids is 1. The number of urea groups is 1. The predicted molar refractivity (Wildman–Crippen MR) is 168 cm³/mol. The molecule has 2 aromatic heterocycles. The van der Waals surface area contributed by atoms with Crippen molar-refractivity contribution in [2.75, 3.05) is 31.1 Å². The first-order chi connectivity index (χ1) is 22.0. The van der Waals surface area contributed by atoms with Crippen LogP contribution >= 0.6 is 0 Å². The van der Waals surface area contributed by atoms with E-state index in [1.807, 2.05) is 60.7 Å². The third-order valence-electron chi connectivity index (χ3n) is 8.18. The molecule has 13 heteroatoms. The Morgan fingerprint density at radius 3 is 2.07 bits per heavy atom. The minimum atomic E-state index is -0.284. The number of amides is 2. The zero-order valence-corrected chi connectivity index (χ0v) is 25.4. The van der Waals surface area contributed by atoms with Crippen LogP contribution in [0, 0.1) is 11.7 Å². The third-order valence-corrected chi connectivity index (χ3v) is 8.18. The number of halogens is 1. The van der Waals surface area contributed by atoms with Gasteiger partial charge in [0.15, 0.2) is 11.6 Å². The van der Waals surface area contributed by atoms with E-state index in [0.717, 1.165) is 38.9 Å². The number of carbonyl (C=O) groups is 1. The van der Waals surface area contributed by atoms with E-state index < -0.39 is 0 Å². The van der Waals surface area contributed by atoms with Gasteiger partial charge in [0, 0.05) is 38.3 Å². The average Bonchev–Trinajstić information content (AvgIpc) is 3.69. The molecule has 0 saturated carbocycles. The van der Waals surface area contributed by atoms with Crippen LogP contribution in [0.15, 0.2) is 72.8 Å². The summed E-state index contributed by atoms with van der Waals surface area (Å²) in [4.78, 5) is 18.3. The number of anilines is 2. The molecule has 12 nitrogen and oxygen atoms in total. The summed E-state index contributed by atoms with van der Waals surface area (Å²) in [7, 11) is 3.53. The standard InChI is InChI=1S/C32H36FN11O/c1-41-30(35-37-39-41)26-10-3-5-12-28(26)44(29-13-6-4-11-27(29)31-36-38-40-42(31)2)32(45)34-18-8-20-43-19-7-9-24(22-43)21-23-14-16-25(33)17-15-23/h3-6,10-17,24H,7-9,18-22H2,1-2H3,(H,34,45). The van der Waals surface area contributed by atoms with Gasteiger partial charge in [0.1, 0.15) is 5.82 Å². The molecule has 1 unspecified atom stereocenters. The van der Waals surface area contributed by atoms with E-state index in [0.29, 0.717) is 46.6 Å². The second kappa shape index (κ2) is 13.7. The molecular formula is C32H36FN11O. The first kappa shape index (κ1) is 30.0. The fourth-order valence-electron chi connectivity index (χ4n) is 6.03. The van der Waals surface area contributed by atoms with Gasteiger partial charge in [-0.25, -0.2) is 18.5 Å². The zero-order chi connectivity index (χ0) is 31.2. The highest BCUT2D eigenvalue weighted by atomic mass is 19.1. The molecule has 3 aromatic carbocycles.